The second-order valence-corrected chi connectivity index (χ2v) is 7.89. The van der Waals surface area contributed by atoms with Gasteiger partial charge in [0.05, 0.1) is 5.69 Å². The Morgan fingerprint density at radius 2 is 1.54 bits per heavy atom. The SMILES string of the molecule is CC(=O)N(CCNC(=O)c1cccc(C)c1)c1c(C(C)C)cccc1C(C)C. The lowest BCUT2D eigenvalue weighted by Crippen LogP contribution is -2.38. The first-order chi connectivity index (χ1) is 13.2. The third kappa shape index (κ3) is 5.22. The first-order valence-corrected chi connectivity index (χ1v) is 9.98. The summed E-state index contributed by atoms with van der Waals surface area (Å²) in [6, 6.07) is 13.7. The van der Waals surface area contributed by atoms with E-state index in [2.05, 4.69) is 51.2 Å². The van der Waals surface area contributed by atoms with Crippen LogP contribution in [-0.4, -0.2) is 24.9 Å². The van der Waals surface area contributed by atoms with Crippen molar-refractivity contribution in [3.63, 3.8) is 0 Å². The van der Waals surface area contributed by atoms with Gasteiger partial charge in [-0.3, -0.25) is 9.59 Å². The summed E-state index contributed by atoms with van der Waals surface area (Å²) in [5.74, 6) is 0.475. The van der Waals surface area contributed by atoms with Crippen LogP contribution in [0.2, 0.25) is 0 Å². The summed E-state index contributed by atoms with van der Waals surface area (Å²) in [5.41, 5.74) is 4.99. The zero-order chi connectivity index (χ0) is 20.8. The van der Waals surface area contributed by atoms with Crippen LogP contribution in [0, 0.1) is 6.92 Å². The topological polar surface area (TPSA) is 49.4 Å². The van der Waals surface area contributed by atoms with Gasteiger partial charge in [-0.05, 0) is 42.0 Å². The zero-order valence-electron chi connectivity index (χ0n) is 17.9. The van der Waals surface area contributed by atoms with Gasteiger partial charge in [0.1, 0.15) is 0 Å². The van der Waals surface area contributed by atoms with Crippen molar-refractivity contribution >= 4 is 17.5 Å². The van der Waals surface area contributed by atoms with Gasteiger partial charge in [-0.1, -0.05) is 63.6 Å². The second-order valence-electron chi connectivity index (χ2n) is 7.89. The average molecular weight is 381 g/mol. The number of amides is 2. The molecule has 1 N–H and O–H groups in total. The van der Waals surface area contributed by atoms with Crippen LogP contribution in [0.15, 0.2) is 42.5 Å². The summed E-state index contributed by atoms with van der Waals surface area (Å²) >= 11 is 0. The van der Waals surface area contributed by atoms with E-state index in [-0.39, 0.29) is 11.8 Å². The van der Waals surface area contributed by atoms with Crippen molar-refractivity contribution in [2.45, 2.75) is 53.4 Å². The van der Waals surface area contributed by atoms with Crippen molar-refractivity contribution in [3.8, 4) is 0 Å². The Kier molecular flexibility index (Phi) is 7.38. The van der Waals surface area contributed by atoms with E-state index in [0.717, 1.165) is 22.4 Å². The van der Waals surface area contributed by atoms with Crippen LogP contribution in [0.25, 0.3) is 0 Å². The highest BCUT2D eigenvalue weighted by atomic mass is 16.2. The Morgan fingerprint density at radius 1 is 0.964 bits per heavy atom. The number of aryl methyl sites for hydroxylation is 1. The number of para-hydroxylation sites is 1. The molecular formula is C24H32N2O2. The van der Waals surface area contributed by atoms with Crippen LogP contribution in [0.3, 0.4) is 0 Å². The highest BCUT2D eigenvalue weighted by Gasteiger charge is 2.22. The van der Waals surface area contributed by atoms with E-state index in [1.165, 1.54) is 0 Å². The second kappa shape index (κ2) is 9.54. The molecule has 0 fully saturated rings. The Morgan fingerprint density at radius 3 is 2.04 bits per heavy atom. The Bertz CT molecular complexity index is 814. The summed E-state index contributed by atoms with van der Waals surface area (Å²) in [6.45, 7) is 12.9. The molecule has 0 aliphatic rings. The first kappa shape index (κ1) is 21.7. The smallest absolute Gasteiger partial charge is 0.251 e. The molecule has 0 spiro atoms. The Hall–Kier alpha value is -2.62. The van der Waals surface area contributed by atoms with Crippen LogP contribution in [0.4, 0.5) is 5.69 Å². The number of nitrogens with one attached hydrogen (secondary N) is 1. The Balaban J connectivity index is 2.23. The highest BCUT2D eigenvalue weighted by Crippen LogP contribution is 2.35. The number of benzene rings is 2. The van der Waals surface area contributed by atoms with Crippen LogP contribution >= 0.6 is 0 Å². The normalized spacial score (nSPS) is 11.0. The molecule has 0 bridgehead atoms. The number of carbonyl (C=O) groups is 2. The largest absolute Gasteiger partial charge is 0.350 e. The highest BCUT2D eigenvalue weighted by molar-refractivity contribution is 5.95. The molecule has 0 aromatic heterocycles. The molecule has 4 heteroatoms. The molecule has 0 saturated carbocycles. The van der Waals surface area contributed by atoms with Crippen LogP contribution < -0.4 is 10.2 Å². The lowest BCUT2D eigenvalue weighted by atomic mass is 9.92. The molecule has 0 aliphatic heterocycles. The maximum atomic E-state index is 12.5. The van der Waals surface area contributed by atoms with Crippen molar-refractivity contribution in [3.05, 3.63) is 64.7 Å². The predicted octanol–water partition coefficient (Wildman–Crippen LogP) is 5.02. The summed E-state index contributed by atoms with van der Waals surface area (Å²) < 4.78 is 0. The molecule has 0 aliphatic carbocycles. The van der Waals surface area contributed by atoms with E-state index in [9.17, 15) is 9.59 Å². The van der Waals surface area contributed by atoms with E-state index in [4.69, 9.17) is 0 Å². The van der Waals surface area contributed by atoms with Gasteiger partial charge < -0.3 is 10.2 Å². The summed E-state index contributed by atoms with van der Waals surface area (Å²) in [5, 5.41) is 2.95. The van der Waals surface area contributed by atoms with Crippen molar-refractivity contribution in [1.29, 1.82) is 0 Å². The number of nitrogens with zero attached hydrogens (tertiary/aromatic N) is 1. The third-order valence-corrected chi connectivity index (χ3v) is 4.89. The van der Waals surface area contributed by atoms with Crippen molar-refractivity contribution < 1.29 is 9.59 Å². The maximum absolute atomic E-state index is 12.5. The van der Waals surface area contributed by atoms with Crippen molar-refractivity contribution in [1.82, 2.24) is 5.32 Å². The van der Waals surface area contributed by atoms with Gasteiger partial charge in [-0.2, -0.15) is 0 Å². The van der Waals surface area contributed by atoms with Gasteiger partial charge in [0.25, 0.3) is 5.91 Å². The van der Waals surface area contributed by atoms with Gasteiger partial charge in [-0.15, -0.1) is 0 Å². The Labute approximate surface area is 169 Å². The average Bonchev–Trinajstić information content (AvgIpc) is 2.64. The zero-order valence-corrected chi connectivity index (χ0v) is 17.9. The molecule has 0 saturated heterocycles. The first-order valence-electron chi connectivity index (χ1n) is 9.98. The molecule has 2 aromatic rings. The summed E-state index contributed by atoms with van der Waals surface area (Å²) in [7, 11) is 0. The number of carbonyl (C=O) groups excluding carboxylic acids is 2. The van der Waals surface area contributed by atoms with E-state index in [1.54, 1.807) is 17.9 Å². The number of hydrogen-bond acceptors (Lipinski definition) is 2. The molecule has 0 unspecified atom stereocenters. The third-order valence-electron chi connectivity index (χ3n) is 4.89. The van der Waals surface area contributed by atoms with Gasteiger partial charge >= 0.3 is 0 Å². The fraction of sp³-hybridized carbons (Fsp3) is 0.417. The van der Waals surface area contributed by atoms with Crippen molar-refractivity contribution in [2.24, 2.45) is 0 Å². The molecule has 2 aromatic carbocycles. The quantitative estimate of drug-likeness (QED) is 0.733. The van der Waals surface area contributed by atoms with Gasteiger partial charge in [-0.25, -0.2) is 0 Å². The number of anilines is 1. The van der Waals surface area contributed by atoms with E-state index in [0.29, 0.717) is 30.5 Å². The van der Waals surface area contributed by atoms with Crippen molar-refractivity contribution in [2.75, 3.05) is 18.0 Å². The monoisotopic (exact) mass is 380 g/mol. The minimum Gasteiger partial charge on any atom is -0.350 e. The van der Waals surface area contributed by atoms with E-state index in [1.807, 2.05) is 25.1 Å². The molecule has 28 heavy (non-hydrogen) atoms. The summed E-state index contributed by atoms with van der Waals surface area (Å²) in [4.78, 5) is 26.7. The fourth-order valence-electron chi connectivity index (χ4n) is 3.42. The fourth-order valence-corrected chi connectivity index (χ4v) is 3.42. The van der Waals surface area contributed by atoms with E-state index < -0.39 is 0 Å². The maximum Gasteiger partial charge on any atom is 0.251 e. The predicted molar refractivity (Wildman–Crippen MR) is 116 cm³/mol. The molecule has 0 radical (unpaired) electrons. The molecule has 2 rings (SSSR count). The standard InChI is InChI=1S/C24H32N2O2/c1-16(2)21-11-8-12-22(17(3)4)23(21)26(19(6)27)14-13-25-24(28)20-10-7-9-18(5)15-20/h7-12,15-17H,13-14H2,1-6H3,(H,25,28). The van der Waals surface area contributed by atoms with Crippen LogP contribution in [-0.2, 0) is 4.79 Å². The lowest BCUT2D eigenvalue weighted by Gasteiger charge is -2.29. The molecule has 150 valence electrons. The van der Waals surface area contributed by atoms with Gasteiger partial charge in [0, 0.05) is 25.6 Å². The number of hydrogen-bond donors (Lipinski definition) is 1. The van der Waals surface area contributed by atoms with Crippen LogP contribution in [0.5, 0.6) is 0 Å². The van der Waals surface area contributed by atoms with Gasteiger partial charge in [0.2, 0.25) is 5.91 Å². The van der Waals surface area contributed by atoms with E-state index >= 15 is 0 Å². The lowest BCUT2D eigenvalue weighted by molar-refractivity contribution is -0.116. The minimum atomic E-state index is -0.117. The van der Waals surface area contributed by atoms with Gasteiger partial charge in [0.15, 0.2) is 0 Å². The number of rotatable bonds is 7. The molecule has 4 nitrogen and oxygen atoms in total. The summed E-state index contributed by atoms with van der Waals surface area (Å²) in [6.07, 6.45) is 0. The molecule has 0 heterocycles. The molecular weight excluding hydrogens is 348 g/mol. The molecule has 2 amide bonds. The van der Waals surface area contributed by atoms with Crippen LogP contribution in [0.1, 0.15) is 73.5 Å². The molecule has 0 atom stereocenters. The minimum absolute atomic E-state index is 0.0141.